The molecular weight excluding hydrogens is 276 g/mol. The van der Waals surface area contributed by atoms with Gasteiger partial charge in [-0.15, -0.1) is 0 Å². The number of aryl methyl sites for hydroxylation is 1. The van der Waals surface area contributed by atoms with Gasteiger partial charge in [0, 0.05) is 12.4 Å². The Kier molecular flexibility index (Phi) is 4.47. The predicted molar refractivity (Wildman–Crippen MR) is 79.6 cm³/mol. The summed E-state index contributed by atoms with van der Waals surface area (Å²) in [5.74, 6) is 1.07. The summed E-state index contributed by atoms with van der Waals surface area (Å²) >= 11 is 6.21. The Labute approximate surface area is 123 Å². The number of rotatable bonds is 4. The lowest BCUT2D eigenvalue weighted by molar-refractivity contribution is 0.354. The maximum absolute atomic E-state index is 6.31. The van der Waals surface area contributed by atoms with E-state index in [9.17, 15) is 0 Å². The van der Waals surface area contributed by atoms with Crippen molar-refractivity contribution in [2.75, 3.05) is 14.2 Å². The summed E-state index contributed by atoms with van der Waals surface area (Å²) < 4.78 is 10.5. The molecule has 2 aromatic rings. The van der Waals surface area contributed by atoms with Crippen LogP contribution in [-0.4, -0.2) is 19.2 Å². The van der Waals surface area contributed by atoms with Crippen LogP contribution in [0, 0.1) is 6.92 Å². The van der Waals surface area contributed by atoms with Crippen molar-refractivity contribution in [1.29, 1.82) is 0 Å². The number of hydrogen-bond acceptors (Lipinski definition) is 4. The molecule has 1 aromatic heterocycles. The average molecular weight is 293 g/mol. The van der Waals surface area contributed by atoms with Crippen molar-refractivity contribution in [2.45, 2.75) is 13.0 Å². The fourth-order valence-electron chi connectivity index (χ4n) is 2.10. The first kappa shape index (κ1) is 14.6. The Morgan fingerprint density at radius 2 is 2.00 bits per heavy atom. The summed E-state index contributed by atoms with van der Waals surface area (Å²) in [6, 6.07) is 5.24. The minimum atomic E-state index is -0.319. The molecule has 0 spiro atoms. The van der Waals surface area contributed by atoms with Crippen LogP contribution in [0.1, 0.15) is 22.7 Å². The first-order chi connectivity index (χ1) is 9.58. The Balaban J connectivity index is 2.48. The summed E-state index contributed by atoms with van der Waals surface area (Å²) in [5, 5.41) is 0.471. The molecule has 20 heavy (non-hydrogen) atoms. The second kappa shape index (κ2) is 6.11. The lowest BCUT2D eigenvalue weighted by Gasteiger charge is -2.17. The third-order valence-electron chi connectivity index (χ3n) is 3.23. The van der Waals surface area contributed by atoms with E-state index >= 15 is 0 Å². The molecule has 2 rings (SSSR count). The molecular formula is C15H17ClN2O2. The molecule has 1 unspecified atom stereocenters. The molecule has 0 fully saturated rings. The molecule has 1 heterocycles. The second-order valence-corrected chi connectivity index (χ2v) is 4.86. The highest BCUT2D eigenvalue weighted by molar-refractivity contribution is 6.32. The molecule has 106 valence electrons. The topological polar surface area (TPSA) is 57.4 Å². The molecule has 0 aliphatic heterocycles. The maximum Gasteiger partial charge on any atom is 0.179 e. The van der Waals surface area contributed by atoms with E-state index in [-0.39, 0.29) is 6.04 Å². The molecule has 0 amide bonds. The van der Waals surface area contributed by atoms with E-state index < -0.39 is 0 Å². The van der Waals surface area contributed by atoms with Crippen molar-refractivity contribution in [1.82, 2.24) is 4.98 Å². The second-order valence-electron chi connectivity index (χ2n) is 4.45. The Bertz CT molecular complexity index is 617. The number of halogens is 1. The van der Waals surface area contributed by atoms with Crippen LogP contribution in [-0.2, 0) is 0 Å². The van der Waals surface area contributed by atoms with Crippen molar-refractivity contribution in [2.24, 2.45) is 5.73 Å². The van der Waals surface area contributed by atoms with Crippen molar-refractivity contribution in [3.63, 3.8) is 0 Å². The number of ether oxygens (including phenoxy) is 2. The fraction of sp³-hybridized carbons (Fsp3) is 0.267. The van der Waals surface area contributed by atoms with E-state index in [4.69, 9.17) is 26.8 Å². The van der Waals surface area contributed by atoms with Crippen LogP contribution >= 0.6 is 11.6 Å². The van der Waals surface area contributed by atoms with E-state index in [2.05, 4.69) is 4.98 Å². The zero-order valence-corrected chi connectivity index (χ0v) is 12.4. The molecule has 4 nitrogen and oxygen atoms in total. The number of benzene rings is 1. The molecule has 1 aromatic carbocycles. The zero-order valence-electron chi connectivity index (χ0n) is 11.7. The molecule has 0 aliphatic carbocycles. The smallest absolute Gasteiger partial charge is 0.179 e. The van der Waals surface area contributed by atoms with Gasteiger partial charge in [0.15, 0.2) is 11.5 Å². The quantitative estimate of drug-likeness (QED) is 0.941. The summed E-state index contributed by atoms with van der Waals surface area (Å²) in [7, 11) is 3.12. The summed E-state index contributed by atoms with van der Waals surface area (Å²) in [6.45, 7) is 2.00. The van der Waals surface area contributed by atoms with Gasteiger partial charge in [0.05, 0.1) is 25.3 Å². The number of nitrogens with zero attached hydrogens (tertiary/aromatic N) is 1. The van der Waals surface area contributed by atoms with E-state index in [1.165, 1.54) is 0 Å². The van der Waals surface area contributed by atoms with Gasteiger partial charge < -0.3 is 15.2 Å². The van der Waals surface area contributed by atoms with Crippen LogP contribution in [0.3, 0.4) is 0 Å². The lowest BCUT2D eigenvalue weighted by atomic mass is 9.97. The van der Waals surface area contributed by atoms with E-state index in [0.29, 0.717) is 16.5 Å². The van der Waals surface area contributed by atoms with Gasteiger partial charge in [-0.2, -0.15) is 0 Å². The van der Waals surface area contributed by atoms with Gasteiger partial charge in [-0.1, -0.05) is 11.6 Å². The highest BCUT2D eigenvalue weighted by atomic mass is 35.5. The van der Waals surface area contributed by atoms with Crippen molar-refractivity contribution < 1.29 is 9.47 Å². The minimum absolute atomic E-state index is 0.319. The highest BCUT2D eigenvalue weighted by Crippen LogP contribution is 2.38. The van der Waals surface area contributed by atoms with Crippen molar-refractivity contribution >= 4 is 11.6 Å². The van der Waals surface area contributed by atoms with E-state index in [1.807, 2.05) is 19.1 Å². The molecule has 5 heteroatoms. The van der Waals surface area contributed by atoms with E-state index in [0.717, 1.165) is 16.7 Å². The van der Waals surface area contributed by atoms with Gasteiger partial charge in [0.1, 0.15) is 0 Å². The van der Waals surface area contributed by atoms with E-state index in [1.54, 1.807) is 32.7 Å². The van der Waals surface area contributed by atoms with Crippen LogP contribution < -0.4 is 15.2 Å². The summed E-state index contributed by atoms with van der Waals surface area (Å²) in [5.41, 5.74) is 9.19. The normalized spacial score (nSPS) is 12.1. The van der Waals surface area contributed by atoms with Crippen molar-refractivity contribution in [3.05, 3.63) is 52.3 Å². The molecule has 2 N–H and O–H groups in total. The van der Waals surface area contributed by atoms with Crippen LogP contribution in [0.25, 0.3) is 0 Å². The SMILES string of the molecule is COc1cc(C(N)c2cnccc2C)cc(Cl)c1OC. The van der Waals surface area contributed by atoms with Gasteiger partial charge >= 0.3 is 0 Å². The van der Waals surface area contributed by atoms with Gasteiger partial charge in [0.25, 0.3) is 0 Å². The highest BCUT2D eigenvalue weighted by Gasteiger charge is 2.17. The number of hydrogen-bond donors (Lipinski definition) is 1. The predicted octanol–water partition coefficient (Wildman–Crippen LogP) is 3.11. The standard InChI is InChI=1S/C15H17ClN2O2/c1-9-4-5-18-8-11(9)14(17)10-6-12(16)15(20-3)13(7-10)19-2/h4-8,14H,17H2,1-3H3. The molecule has 0 saturated heterocycles. The fourth-order valence-corrected chi connectivity index (χ4v) is 2.40. The van der Waals surface area contributed by atoms with Crippen LogP contribution in [0.5, 0.6) is 11.5 Å². The molecule has 0 saturated carbocycles. The number of pyridine rings is 1. The largest absolute Gasteiger partial charge is 0.493 e. The van der Waals surface area contributed by atoms with Crippen LogP contribution in [0.15, 0.2) is 30.6 Å². The third-order valence-corrected chi connectivity index (χ3v) is 3.51. The van der Waals surface area contributed by atoms with Gasteiger partial charge in [-0.3, -0.25) is 4.98 Å². The average Bonchev–Trinajstić information content (AvgIpc) is 2.46. The van der Waals surface area contributed by atoms with Crippen LogP contribution in [0.2, 0.25) is 5.02 Å². The lowest BCUT2D eigenvalue weighted by Crippen LogP contribution is -2.14. The van der Waals surface area contributed by atoms with Gasteiger partial charge in [-0.25, -0.2) is 0 Å². The molecule has 1 atom stereocenters. The number of methoxy groups -OCH3 is 2. The first-order valence-corrected chi connectivity index (χ1v) is 6.53. The molecule has 0 radical (unpaired) electrons. The zero-order chi connectivity index (χ0) is 14.7. The Morgan fingerprint density at radius 1 is 1.25 bits per heavy atom. The molecule has 0 aliphatic rings. The third kappa shape index (κ3) is 2.71. The Morgan fingerprint density at radius 3 is 2.60 bits per heavy atom. The number of nitrogens with two attached hydrogens (primary N) is 1. The van der Waals surface area contributed by atoms with Crippen LogP contribution in [0.4, 0.5) is 0 Å². The summed E-state index contributed by atoms with van der Waals surface area (Å²) in [4.78, 5) is 4.12. The first-order valence-electron chi connectivity index (χ1n) is 6.16. The van der Waals surface area contributed by atoms with Crippen molar-refractivity contribution in [3.8, 4) is 11.5 Å². The number of aromatic nitrogens is 1. The minimum Gasteiger partial charge on any atom is -0.493 e. The molecule has 0 bridgehead atoms. The maximum atomic E-state index is 6.31. The van der Waals surface area contributed by atoms with Gasteiger partial charge in [-0.05, 0) is 41.8 Å². The summed E-state index contributed by atoms with van der Waals surface area (Å²) in [6.07, 6.45) is 3.51. The van der Waals surface area contributed by atoms with Gasteiger partial charge in [0.2, 0.25) is 0 Å². The monoisotopic (exact) mass is 292 g/mol. The Hall–Kier alpha value is -1.78.